The second kappa shape index (κ2) is 10.8. The van der Waals surface area contributed by atoms with E-state index in [1.807, 2.05) is 0 Å². The van der Waals surface area contributed by atoms with Gasteiger partial charge in [0.05, 0.1) is 33.2 Å². The van der Waals surface area contributed by atoms with Crippen molar-refractivity contribution in [1.82, 2.24) is 0 Å². The van der Waals surface area contributed by atoms with E-state index in [1.165, 1.54) is 39.5 Å². The number of phenols is 3. The van der Waals surface area contributed by atoms with Gasteiger partial charge in [0.1, 0.15) is 69.3 Å². The molecular formula is C33H28O10. The third-order valence-corrected chi connectivity index (χ3v) is 7.89. The number of carbonyl (C=O) groups is 2. The Morgan fingerprint density at radius 3 is 1.42 bits per heavy atom. The van der Waals surface area contributed by atoms with Gasteiger partial charge in [0.15, 0.2) is 11.6 Å². The predicted molar refractivity (Wildman–Crippen MR) is 153 cm³/mol. The van der Waals surface area contributed by atoms with Crippen molar-refractivity contribution in [3.63, 3.8) is 0 Å². The highest BCUT2D eigenvalue weighted by molar-refractivity contribution is 6.11. The van der Waals surface area contributed by atoms with Crippen LogP contribution >= 0.6 is 0 Å². The lowest BCUT2D eigenvalue weighted by Gasteiger charge is -2.42. The molecule has 0 aliphatic carbocycles. The van der Waals surface area contributed by atoms with Crippen LogP contribution in [-0.4, -0.2) is 48.2 Å². The van der Waals surface area contributed by atoms with Crippen LogP contribution in [-0.2, 0) is 0 Å². The van der Waals surface area contributed by atoms with E-state index in [9.17, 15) is 24.9 Å². The van der Waals surface area contributed by atoms with Gasteiger partial charge in [0.2, 0.25) is 0 Å². The number of Topliss-reactive ketones (excluding diaryl/α,β-unsaturated/α-hetero) is 2. The van der Waals surface area contributed by atoms with E-state index in [4.69, 9.17) is 23.7 Å². The maximum absolute atomic E-state index is 14.5. The number of phenolic OH excluding ortho intramolecular Hbond substituents is 3. The number of aromatic hydroxyl groups is 3. The standard InChI is InChI=1S/C33H28O10/c1-39-19-8-4-16(5-9-19)32-28(30(37)26-22(35)12-18(34)13-24(26)42-32)29-31(38)27-23(36)14-21(41-3)15-25(27)43-33(29)17-6-10-20(40-2)11-7-17/h4-15,28-29,32-36H,1-3H3/t28-,29-,32+,33+/m0/s1. The van der Waals surface area contributed by atoms with Crippen molar-refractivity contribution in [2.75, 3.05) is 21.3 Å². The minimum Gasteiger partial charge on any atom is -0.508 e. The Morgan fingerprint density at radius 2 is 0.977 bits per heavy atom. The van der Waals surface area contributed by atoms with Gasteiger partial charge in [-0.25, -0.2) is 0 Å². The molecule has 0 amide bonds. The Kier molecular flexibility index (Phi) is 6.97. The summed E-state index contributed by atoms with van der Waals surface area (Å²) in [5.74, 6) is -3.25. The molecule has 2 heterocycles. The number of ether oxygens (including phenoxy) is 5. The molecule has 6 rings (SSSR count). The lowest BCUT2D eigenvalue weighted by molar-refractivity contribution is 0.0129. The summed E-state index contributed by atoms with van der Waals surface area (Å²) in [6, 6.07) is 18.8. The Morgan fingerprint density at radius 1 is 0.558 bits per heavy atom. The van der Waals surface area contributed by atoms with E-state index < -0.39 is 41.4 Å². The van der Waals surface area contributed by atoms with Crippen LogP contribution in [0.1, 0.15) is 44.1 Å². The molecule has 0 spiro atoms. The first kappa shape index (κ1) is 27.8. The fourth-order valence-corrected chi connectivity index (χ4v) is 5.83. The number of ketones is 2. The summed E-state index contributed by atoms with van der Waals surface area (Å²) in [4.78, 5) is 28.9. The van der Waals surface area contributed by atoms with Gasteiger partial charge in [0, 0.05) is 24.3 Å². The fraction of sp³-hybridized carbons (Fsp3) is 0.212. The number of benzene rings is 4. The molecule has 0 radical (unpaired) electrons. The average Bonchev–Trinajstić information content (AvgIpc) is 3.00. The Labute approximate surface area is 246 Å². The van der Waals surface area contributed by atoms with Gasteiger partial charge in [-0.3, -0.25) is 9.59 Å². The summed E-state index contributed by atoms with van der Waals surface area (Å²) in [5.41, 5.74) is 0.837. The summed E-state index contributed by atoms with van der Waals surface area (Å²) < 4.78 is 28.6. The Balaban J connectivity index is 1.57. The summed E-state index contributed by atoms with van der Waals surface area (Å²) in [5, 5.41) is 31.8. The molecule has 4 atom stereocenters. The highest BCUT2D eigenvalue weighted by atomic mass is 16.5. The first-order valence-electron chi connectivity index (χ1n) is 13.4. The van der Waals surface area contributed by atoms with Gasteiger partial charge in [0.25, 0.3) is 0 Å². The van der Waals surface area contributed by atoms with Gasteiger partial charge in [-0.15, -0.1) is 0 Å². The quantitative estimate of drug-likeness (QED) is 0.270. The van der Waals surface area contributed by atoms with E-state index in [2.05, 4.69) is 0 Å². The van der Waals surface area contributed by atoms with Gasteiger partial charge in [-0.1, -0.05) is 24.3 Å². The van der Waals surface area contributed by atoms with Crippen LogP contribution in [0.15, 0.2) is 72.8 Å². The monoisotopic (exact) mass is 584 g/mol. The van der Waals surface area contributed by atoms with Crippen LogP contribution in [0.2, 0.25) is 0 Å². The molecule has 0 saturated heterocycles. The zero-order valence-corrected chi connectivity index (χ0v) is 23.4. The van der Waals surface area contributed by atoms with Crippen molar-refractivity contribution in [3.05, 3.63) is 95.1 Å². The minimum absolute atomic E-state index is 0.0299. The average molecular weight is 585 g/mol. The molecule has 220 valence electrons. The molecule has 3 N–H and O–H groups in total. The van der Waals surface area contributed by atoms with Gasteiger partial charge >= 0.3 is 0 Å². The van der Waals surface area contributed by atoms with E-state index in [-0.39, 0.29) is 39.9 Å². The van der Waals surface area contributed by atoms with Crippen molar-refractivity contribution in [1.29, 1.82) is 0 Å². The van der Waals surface area contributed by atoms with Gasteiger partial charge in [-0.05, 0) is 35.4 Å². The van der Waals surface area contributed by atoms with Crippen molar-refractivity contribution in [2.45, 2.75) is 12.2 Å². The molecule has 0 aromatic heterocycles. The third-order valence-electron chi connectivity index (χ3n) is 7.89. The number of hydrogen-bond acceptors (Lipinski definition) is 10. The molecule has 0 saturated carbocycles. The van der Waals surface area contributed by atoms with Crippen molar-refractivity contribution in [3.8, 4) is 46.0 Å². The van der Waals surface area contributed by atoms with Crippen LogP contribution in [0.25, 0.3) is 0 Å². The molecule has 0 bridgehead atoms. The van der Waals surface area contributed by atoms with Crippen LogP contribution in [0, 0.1) is 11.8 Å². The number of hydrogen-bond donors (Lipinski definition) is 3. The largest absolute Gasteiger partial charge is 0.508 e. The normalized spacial score (nSPS) is 20.7. The summed E-state index contributed by atoms with van der Waals surface area (Å²) in [6.45, 7) is 0. The lowest BCUT2D eigenvalue weighted by atomic mass is 9.69. The van der Waals surface area contributed by atoms with E-state index in [0.29, 0.717) is 22.6 Å². The van der Waals surface area contributed by atoms with Gasteiger partial charge < -0.3 is 39.0 Å². The molecule has 43 heavy (non-hydrogen) atoms. The topological polar surface area (TPSA) is 141 Å². The highest BCUT2D eigenvalue weighted by Gasteiger charge is 2.53. The van der Waals surface area contributed by atoms with Crippen LogP contribution in [0.4, 0.5) is 0 Å². The first-order valence-corrected chi connectivity index (χ1v) is 13.4. The smallest absolute Gasteiger partial charge is 0.178 e. The molecule has 10 heteroatoms. The Hall–Kier alpha value is -5.38. The van der Waals surface area contributed by atoms with E-state index in [0.717, 1.165) is 6.07 Å². The molecule has 4 aromatic carbocycles. The number of methoxy groups -OCH3 is 3. The zero-order valence-electron chi connectivity index (χ0n) is 23.4. The maximum Gasteiger partial charge on any atom is 0.178 e. The summed E-state index contributed by atoms with van der Waals surface area (Å²) in [6.07, 6.45) is -2.07. The minimum atomic E-state index is -1.23. The number of rotatable bonds is 6. The molecule has 10 nitrogen and oxygen atoms in total. The number of carbonyl (C=O) groups excluding carboxylic acids is 2. The zero-order chi connectivity index (χ0) is 30.4. The molecule has 2 aliphatic rings. The molecule has 0 unspecified atom stereocenters. The van der Waals surface area contributed by atoms with Crippen LogP contribution in [0.5, 0.6) is 46.0 Å². The molecule has 0 fully saturated rings. The number of fused-ring (bicyclic) bond motifs is 2. The molecule has 4 aromatic rings. The summed E-state index contributed by atoms with van der Waals surface area (Å²) >= 11 is 0. The maximum atomic E-state index is 14.5. The van der Waals surface area contributed by atoms with E-state index >= 15 is 0 Å². The molecular weight excluding hydrogens is 556 g/mol. The van der Waals surface area contributed by atoms with Crippen LogP contribution < -0.4 is 23.7 Å². The van der Waals surface area contributed by atoms with Crippen molar-refractivity contribution in [2.24, 2.45) is 11.8 Å². The van der Waals surface area contributed by atoms with E-state index in [1.54, 1.807) is 48.5 Å². The SMILES string of the molecule is COc1ccc([C@H]2Oc3cc(O)cc(O)c3C(=O)[C@@H]2[C@H]2C(=O)c3c(O)cc(OC)cc3O[C@@H]2c2ccc(OC)cc2)cc1. The fourth-order valence-electron chi connectivity index (χ4n) is 5.83. The molecule has 2 aliphatic heterocycles. The van der Waals surface area contributed by atoms with Crippen molar-refractivity contribution >= 4 is 11.6 Å². The van der Waals surface area contributed by atoms with Gasteiger partial charge in [-0.2, -0.15) is 0 Å². The third kappa shape index (κ3) is 4.70. The highest BCUT2D eigenvalue weighted by Crippen LogP contribution is 2.53. The second-order valence-electron chi connectivity index (χ2n) is 10.3. The lowest BCUT2D eigenvalue weighted by Crippen LogP contribution is -2.45. The summed E-state index contributed by atoms with van der Waals surface area (Å²) in [7, 11) is 4.48. The van der Waals surface area contributed by atoms with Crippen molar-refractivity contribution < 1.29 is 48.6 Å². The first-order chi connectivity index (χ1) is 20.7. The van der Waals surface area contributed by atoms with Crippen LogP contribution in [0.3, 0.4) is 0 Å². The Bertz CT molecular complexity index is 1710. The predicted octanol–water partition coefficient (Wildman–Crippen LogP) is 5.39. The second-order valence-corrected chi connectivity index (χ2v) is 10.3.